The predicted molar refractivity (Wildman–Crippen MR) is 49.9 cm³/mol. The van der Waals surface area contributed by atoms with E-state index in [-0.39, 0.29) is 12.1 Å². The number of aliphatic hydroxyl groups is 1. The van der Waals surface area contributed by atoms with Gasteiger partial charge in [-0.05, 0) is 25.2 Å². The standard InChI is InChI=1S/C9H20N2O/c1-8-2-3-9(6-8,7-10)11-4-5-12/h8,11-12H,2-7,10H2,1H3. The van der Waals surface area contributed by atoms with Gasteiger partial charge >= 0.3 is 0 Å². The highest BCUT2D eigenvalue weighted by molar-refractivity contribution is 4.95. The van der Waals surface area contributed by atoms with Gasteiger partial charge in [-0.3, -0.25) is 0 Å². The second-order valence-corrected chi connectivity index (χ2v) is 3.98. The molecule has 2 unspecified atom stereocenters. The number of nitrogens with two attached hydrogens (primary N) is 1. The second kappa shape index (κ2) is 4.21. The van der Waals surface area contributed by atoms with E-state index < -0.39 is 0 Å². The fourth-order valence-electron chi connectivity index (χ4n) is 2.13. The van der Waals surface area contributed by atoms with Gasteiger partial charge in [0.1, 0.15) is 0 Å². The van der Waals surface area contributed by atoms with Gasteiger partial charge in [-0.25, -0.2) is 0 Å². The third-order valence-corrected chi connectivity index (χ3v) is 2.86. The van der Waals surface area contributed by atoms with E-state index in [2.05, 4.69) is 12.2 Å². The van der Waals surface area contributed by atoms with E-state index in [1.807, 2.05) is 0 Å². The Kier molecular flexibility index (Phi) is 3.50. The van der Waals surface area contributed by atoms with Crippen molar-refractivity contribution in [1.82, 2.24) is 5.32 Å². The highest BCUT2D eigenvalue weighted by atomic mass is 16.3. The van der Waals surface area contributed by atoms with Gasteiger partial charge in [0, 0.05) is 18.6 Å². The Morgan fingerprint density at radius 2 is 2.42 bits per heavy atom. The lowest BCUT2D eigenvalue weighted by molar-refractivity contribution is 0.252. The number of rotatable bonds is 4. The highest BCUT2D eigenvalue weighted by Gasteiger charge is 2.35. The molecule has 72 valence electrons. The normalized spacial score (nSPS) is 35.8. The minimum atomic E-state index is 0.127. The minimum Gasteiger partial charge on any atom is -0.395 e. The molecule has 0 heterocycles. The lowest BCUT2D eigenvalue weighted by atomic mass is 9.96. The van der Waals surface area contributed by atoms with Crippen LogP contribution in [0.2, 0.25) is 0 Å². The predicted octanol–water partition coefficient (Wildman–Crippen LogP) is 0.0858. The van der Waals surface area contributed by atoms with Gasteiger partial charge in [0.05, 0.1) is 6.61 Å². The van der Waals surface area contributed by atoms with Crippen molar-refractivity contribution < 1.29 is 5.11 Å². The van der Waals surface area contributed by atoms with Gasteiger partial charge in [0.25, 0.3) is 0 Å². The summed E-state index contributed by atoms with van der Waals surface area (Å²) in [4.78, 5) is 0. The number of hydrogen-bond acceptors (Lipinski definition) is 3. The van der Waals surface area contributed by atoms with Crippen LogP contribution in [0.5, 0.6) is 0 Å². The van der Waals surface area contributed by atoms with Crippen molar-refractivity contribution in [3.05, 3.63) is 0 Å². The summed E-state index contributed by atoms with van der Waals surface area (Å²) in [5.41, 5.74) is 5.85. The molecule has 3 nitrogen and oxygen atoms in total. The minimum absolute atomic E-state index is 0.127. The van der Waals surface area contributed by atoms with E-state index in [9.17, 15) is 0 Å². The largest absolute Gasteiger partial charge is 0.395 e. The van der Waals surface area contributed by atoms with Crippen molar-refractivity contribution >= 4 is 0 Å². The number of β-amino-alcohol motifs (C(OH)–C–C–N with tert-alkyl or cyclic N) is 1. The molecule has 1 saturated carbocycles. The summed E-state index contributed by atoms with van der Waals surface area (Å²) in [5.74, 6) is 0.778. The fourth-order valence-corrected chi connectivity index (χ4v) is 2.13. The summed E-state index contributed by atoms with van der Waals surface area (Å²) in [5, 5.41) is 12.0. The van der Waals surface area contributed by atoms with Crippen molar-refractivity contribution in [3.63, 3.8) is 0 Å². The summed E-state index contributed by atoms with van der Waals surface area (Å²) in [6.45, 7) is 3.83. The molecule has 4 N–H and O–H groups in total. The van der Waals surface area contributed by atoms with Crippen LogP contribution in [-0.4, -0.2) is 30.3 Å². The molecule has 1 fully saturated rings. The second-order valence-electron chi connectivity index (χ2n) is 3.98. The molecule has 0 saturated heterocycles. The first-order chi connectivity index (χ1) is 5.72. The molecule has 12 heavy (non-hydrogen) atoms. The molecule has 0 aliphatic heterocycles. The average Bonchev–Trinajstić information content (AvgIpc) is 2.45. The first kappa shape index (κ1) is 9.96. The average molecular weight is 172 g/mol. The van der Waals surface area contributed by atoms with Crippen LogP contribution in [0.1, 0.15) is 26.2 Å². The molecule has 0 aromatic carbocycles. The molecule has 0 aromatic rings. The zero-order valence-corrected chi connectivity index (χ0v) is 7.84. The lowest BCUT2D eigenvalue weighted by Gasteiger charge is -2.28. The van der Waals surface area contributed by atoms with Crippen LogP contribution in [-0.2, 0) is 0 Å². The Balaban J connectivity index is 2.41. The van der Waals surface area contributed by atoms with Gasteiger partial charge in [-0.15, -0.1) is 0 Å². The third kappa shape index (κ3) is 2.19. The first-order valence-corrected chi connectivity index (χ1v) is 4.78. The highest BCUT2D eigenvalue weighted by Crippen LogP contribution is 2.33. The van der Waals surface area contributed by atoms with E-state index in [0.717, 1.165) is 18.8 Å². The van der Waals surface area contributed by atoms with Crippen molar-refractivity contribution in [1.29, 1.82) is 0 Å². The molecule has 1 aliphatic rings. The van der Waals surface area contributed by atoms with Gasteiger partial charge in [-0.2, -0.15) is 0 Å². The Hall–Kier alpha value is -0.120. The van der Waals surface area contributed by atoms with Gasteiger partial charge in [0.2, 0.25) is 0 Å². The Morgan fingerprint density at radius 3 is 2.83 bits per heavy atom. The van der Waals surface area contributed by atoms with Crippen molar-refractivity contribution in [2.45, 2.75) is 31.7 Å². The number of hydrogen-bond donors (Lipinski definition) is 3. The molecule has 0 spiro atoms. The van der Waals surface area contributed by atoms with Crippen LogP contribution in [0.15, 0.2) is 0 Å². The van der Waals surface area contributed by atoms with E-state index in [1.165, 1.54) is 6.42 Å². The van der Waals surface area contributed by atoms with Crippen molar-refractivity contribution in [2.24, 2.45) is 11.7 Å². The van der Waals surface area contributed by atoms with Gasteiger partial charge in [-0.1, -0.05) is 6.92 Å². The van der Waals surface area contributed by atoms with Crippen molar-refractivity contribution in [3.8, 4) is 0 Å². The SMILES string of the molecule is CC1CCC(CN)(NCCO)C1. The molecule has 0 aromatic heterocycles. The van der Waals surface area contributed by atoms with E-state index >= 15 is 0 Å². The summed E-state index contributed by atoms with van der Waals surface area (Å²) in [6.07, 6.45) is 3.57. The van der Waals surface area contributed by atoms with Gasteiger partial charge in [0.15, 0.2) is 0 Å². The third-order valence-electron chi connectivity index (χ3n) is 2.86. The van der Waals surface area contributed by atoms with E-state index in [0.29, 0.717) is 13.1 Å². The summed E-state index contributed by atoms with van der Waals surface area (Å²) < 4.78 is 0. The number of nitrogens with one attached hydrogen (secondary N) is 1. The zero-order chi connectivity index (χ0) is 9.03. The maximum Gasteiger partial charge on any atom is 0.0556 e. The Labute approximate surface area is 74.3 Å². The van der Waals surface area contributed by atoms with Crippen LogP contribution >= 0.6 is 0 Å². The molecule has 0 amide bonds. The molecular formula is C9H20N2O. The van der Waals surface area contributed by atoms with Crippen molar-refractivity contribution in [2.75, 3.05) is 19.7 Å². The van der Waals surface area contributed by atoms with Crippen LogP contribution in [0, 0.1) is 5.92 Å². The van der Waals surface area contributed by atoms with E-state index in [4.69, 9.17) is 10.8 Å². The fraction of sp³-hybridized carbons (Fsp3) is 1.00. The Bertz CT molecular complexity index is 140. The number of aliphatic hydroxyl groups excluding tert-OH is 1. The monoisotopic (exact) mass is 172 g/mol. The van der Waals surface area contributed by atoms with Crippen LogP contribution in [0.4, 0.5) is 0 Å². The molecule has 3 heteroatoms. The molecule has 2 atom stereocenters. The smallest absolute Gasteiger partial charge is 0.0556 e. The Morgan fingerprint density at radius 1 is 1.67 bits per heavy atom. The summed E-state index contributed by atoms with van der Waals surface area (Å²) >= 11 is 0. The van der Waals surface area contributed by atoms with E-state index in [1.54, 1.807) is 0 Å². The summed E-state index contributed by atoms with van der Waals surface area (Å²) in [6, 6.07) is 0. The van der Waals surface area contributed by atoms with Gasteiger partial charge < -0.3 is 16.2 Å². The molecule has 1 aliphatic carbocycles. The quantitative estimate of drug-likeness (QED) is 0.563. The molecule has 1 rings (SSSR count). The zero-order valence-electron chi connectivity index (χ0n) is 7.84. The maximum atomic E-state index is 8.70. The maximum absolute atomic E-state index is 8.70. The molecular weight excluding hydrogens is 152 g/mol. The van der Waals surface area contributed by atoms with Crippen LogP contribution in [0.3, 0.4) is 0 Å². The summed E-state index contributed by atoms with van der Waals surface area (Å²) in [7, 11) is 0. The topological polar surface area (TPSA) is 58.3 Å². The first-order valence-electron chi connectivity index (χ1n) is 4.78. The molecule has 0 radical (unpaired) electrons. The van der Waals surface area contributed by atoms with Crippen LogP contribution in [0.25, 0.3) is 0 Å². The lowest BCUT2D eigenvalue weighted by Crippen LogP contribution is -2.50. The molecule has 0 bridgehead atoms. The van der Waals surface area contributed by atoms with Crippen LogP contribution < -0.4 is 11.1 Å².